The first-order chi connectivity index (χ1) is 16.0. The molecule has 3 amide bonds. The van der Waals surface area contributed by atoms with Crippen molar-refractivity contribution in [2.75, 3.05) is 19.6 Å². The maximum Gasteiger partial charge on any atom is 0.244 e. The number of carbonyl (C=O) groups excluding carboxylic acids is 3. The number of amides is 3. The van der Waals surface area contributed by atoms with Gasteiger partial charge in [0.1, 0.15) is 0 Å². The maximum atomic E-state index is 13.1. The van der Waals surface area contributed by atoms with Gasteiger partial charge in [-0.25, -0.2) is 0 Å². The number of piperidine rings is 1. The molecule has 4 rings (SSSR count). The van der Waals surface area contributed by atoms with Crippen molar-refractivity contribution in [2.45, 2.75) is 38.3 Å². The minimum absolute atomic E-state index is 0.0389. The van der Waals surface area contributed by atoms with Crippen LogP contribution in [0, 0.1) is 5.92 Å². The summed E-state index contributed by atoms with van der Waals surface area (Å²) in [6, 6.07) is 19.6. The minimum Gasteiger partial charge on any atom is -0.350 e. The summed E-state index contributed by atoms with van der Waals surface area (Å²) in [5.41, 5.74) is 2.06. The van der Waals surface area contributed by atoms with Gasteiger partial charge in [-0.3, -0.25) is 14.4 Å². The van der Waals surface area contributed by atoms with Crippen LogP contribution in [0.15, 0.2) is 66.7 Å². The molecule has 6 heteroatoms. The van der Waals surface area contributed by atoms with E-state index in [1.165, 1.54) is 0 Å². The third-order valence-electron chi connectivity index (χ3n) is 6.64. The van der Waals surface area contributed by atoms with Crippen LogP contribution in [0.2, 0.25) is 0 Å². The lowest BCUT2D eigenvalue weighted by molar-refractivity contribution is -0.137. The van der Waals surface area contributed by atoms with Crippen LogP contribution >= 0.6 is 0 Å². The molecule has 2 aromatic carbocycles. The highest BCUT2D eigenvalue weighted by Gasteiger charge is 2.39. The summed E-state index contributed by atoms with van der Waals surface area (Å²) in [5, 5.41) is 3.04. The Morgan fingerprint density at radius 1 is 1.00 bits per heavy atom. The quantitative estimate of drug-likeness (QED) is 0.693. The largest absolute Gasteiger partial charge is 0.350 e. The molecule has 2 atom stereocenters. The van der Waals surface area contributed by atoms with E-state index in [1.54, 1.807) is 12.2 Å². The lowest BCUT2D eigenvalue weighted by Gasteiger charge is -2.34. The van der Waals surface area contributed by atoms with Crippen molar-refractivity contribution < 1.29 is 14.4 Å². The number of nitrogens with one attached hydrogen (secondary N) is 1. The van der Waals surface area contributed by atoms with Crippen molar-refractivity contribution in [3.8, 4) is 0 Å². The second-order valence-electron chi connectivity index (χ2n) is 8.89. The van der Waals surface area contributed by atoms with Gasteiger partial charge in [0.15, 0.2) is 0 Å². The highest BCUT2D eigenvalue weighted by molar-refractivity contribution is 5.92. The van der Waals surface area contributed by atoms with Gasteiger partial charge in [0.25, 0.3) is 0 Å². The molecule has 0 aliphatic carbocycles. The van der Waals surface area contributed by atoms with Gasteiger partial charge >= 0.3 is 0 Å². The molecule has 0 spiro atoms. The number of hydrogen-bond donors (Lipinski definition) is 1. The Labute approximate surface area is 195 Å². The van der Waals surface area contributed by atoms with Crippen LogP contribution in [0.25, 0.3) is 6.08 Å². The Kier molecular flexibility index (Phi) is 7.23. The van der Waals surface area contributed by atoms with E-state index in [4.69, 9.17) is 0 Å². The van der Waals surface area contributed by atoms with Crippen molar-refractivity contribution in [3.05, 3.63) is 77.9 Å². The summed E-state index contributed by atoms with van der Waals surface area (Å²) in [6.07, 6.45) is 5.08. The van der Waals surface area contributed by atoms with Crippen LogP contribution in [0.5, 0.6) is 0 Å². The summed E-state index contributed by atoms with van der Waals surface area (Å²) in [7, 11) is 0. The van der Waals surface area contributed by atoms with Gasteiger partial charge in [-0.2, -0.15) is 0 Å². The molecule has 2 aromatic rings. The normalized spacial score (nSPS) is 20.3. The predicted molar refractivity (Wildman–Crippen MR) is 128 cm³/mol. The Hall–Kier alpha value is -3.41. The first kappa shape index (κ1) is 22.8. The lowest BCUT2D eigenvalue weighted by Crippen LogP contribution is -2.48. The first-order valence-electron chi connectivity index (χ1n) is 11.7. The van der Waals surface area contributed by atoms with Crippen LogP contribution in [0.1, 0.15) is 43.4 Å². The van der Waals surface area contributed by atoms with Crippen LogP contribution in [0.3, 0.4) is 0 Å². The number of likely N-dealkylation sites (tertiary alicyclic amines) is 2. The van der Waals surface area contributed by atoms with E-state index in [9.17, 15) is 14.4 Å². The molecule has 172 valence electrons. The monoisotopic (exact) mass is 445 g/mol. The fraction of sp³-hybridized carbons (Fsp3) is 0.370. The predicted octanol–water partition coefficient (Wildman–Crippen LogP) is 3.42. The Bertz CT molecular complexity index is 998. The van der Waals surface area contributed by atoms with Gasteiger partial charge in [-0.05, 0) is 37.0 Å². The van der Waals surface area contributed by atoms with E-state index < -0.39 is 0 Å². The molecular formula is C27H31N3O3. The second-order valence-corrected chi connectivity index (χ2v) is 8.89. The number of rotatable bonds is 6. The van der Waals surface area contributed by atoms with Crippen LogP contribution < -0.4 is 5.32 Å². The molecule has 2 unspecified atom stereocenters. The fourth-order valence-corrected chi connectivity index (χ4v) is 4.67. The van der Waals surface area contributed by atoms with Crippen LogP contribution in [-0.2, 0) is 14.4 Å². The maximum absolute atomic E-state index is 13.1. The zero-order valence-electron chi connectivity index (χ0n) is 19.0. The molecule has 1 N–H and O–H groups in total. The molecule has 0 aromatic heterocycles. The molecule has 0 saturated carbocycles. The average Bonchev–Trinajstić information content (AvgIpc) is 3.25. The smallest absolute Gasteiger partial charge is 0.244 e. The van der Waals surface area contributed by atoms with E-state index in [2.05, 4.69) is 5.32 Å². The van der Waals surface area contributed by atoms with Crippen molar-refractivity contribution in [1.29, 1.82) is 0 Å². The van der Waals surface area contributed by atoms with E-state index in [0.717, 1.165) is 24.0 Å². The standard InChI is InChI=1S/C27H31N3O3/c1-20(22-10-6-3-7-11-22)30-19-23(18-26(30)32)27(33)29-16-14-24(15-17-29)28-25(31)13-12-21-8-4-2-5-9-21/h2-13,20,23-24H,14-19H2,1H3,(H,28,31)/b13-12+. The van der Waals surface area contributed by atoms with Gasteiger partial charge in [0, 0.05) is 38.2 Å². The molecule has 6 nitrogen and oxygen atoms in total. The third-order valence-corrected chi connectivity index (χ3v) is 6.64. The van der Waals surface area contributed by atoms with Crippen molar-refractivity contribution >= 4 is 23.8 Å². The minimum atomic E-state index is -0.288. The average molecular weight is 446 g/mol. The summed E-state index contributed by atoms with van der Waals surface area (Å²) in [4.78, 5) is 41.6. The molecule has 2 fully saturated rings. The number of carbonyl (C=O) groups is 3. The number of benzene rings is 2. The zero-order valence-corrected chi connectivity index (χ0v) is 19.0. The topological polar surface area (TPSA) is 69.7 Å². The van der Waals surface area contributed by atoms with Gasteiger partial charge in [0.2, 0.25) is 17.7 Å². The molecule has 0 radical (unpaired) electrons. The van der Waals surface area contributed by atoms with Crippen molar-refractivity contribution in [3.63, 3.8) is 0 Å². The van der Waals surface area contributed by atoms with E-state index in [0.29, 0.717) is 19.6 Å². The summed E-state index contributed by atoms with van der Waals surface area (Å²) in [6.45, 7) is 3.69. The van der Waals surface area contributed by atoms with Gasteiger partial charge in [0.05, 0.1) is 12.0 Å². The molecule has 0 bridgehead atoms. The SMILES string of the molecule is CC(c1ccccc1)N1CC(C(=O)N2CCC(NC(=O)/C=C/c3ccccc3)CC2)CC1=O. The van der Waals surface area contributed by atoms with Gasteiger partial charge in [-0.1, -0.05) is 60.7 Å². The molecule has 2 aliphatic rings. The third kappa shape index (κ3) is 5.69. The van der Waals surface area contributed by atoms with Crippen LogP contribution in [-0.4, -0.2) is 53.2 Å². The summed E-state index contributed by atoms with van der Waals surface area (Å²) in [5.74, 6) is -0.309. The van der Waals surface area contributed by atoms with Crippen LogP contribution in [0.4, 0.5) is 0 Å². The fourth-order valence-electron chi connectivity index (χ4n) is 4.67. The van der Waals surface area contributed by atoms with Gasteiger partial charge in [-0.15, -0.1) is 0 Å². The lowest BCUT2D eigenvalue weighted by atomic mass is 10.0. The number of hydrogen-bond acceptors (Lipinski definition) is 3. The summed E-state index contributed by atoms with van der Waals surface area (Å²) >= 11 is 0. The molecule has 2 heterocycles. The summed E-state index contributed by atoms with van der Waals surface area (Å²) < 4.78 is 0. The molecular weight excluding hydrogens is 414 g/mol. The van der Waals surface area contributed by atoms with E-state index in [1.807, 2.05) is 77.4 Å². The Balaban J connectivity index is 1.25. The Morgan fingerprint density at radius 2 is 1.64 bits per heavy atom. The highest BCUT2D eigenvalue weighted by Crippen LogP contribution is 2.30. The molecule has 2 saturated heterocycles. The van der Waals surface area contributed by atoms with Crippen molar-refractivity contribution in [2.24, 2.45) is 5.92 Å². The second kappa shape index (κ2) is 10.5. The molecule has 2 aliphatic heterocycles. The highest BCUT2D eigenvalue weighted by atomic mass is 16.2. The number of nitrogens with zero attached hydrogens (tertiary/aromatic N) is 2. The first-order valence-corrected chi connectivity index (χ1v) is 11.7. The Morgan fingerprint density at radius 3 is 2.30 bits per heavy atom. The van der Waals surface area contributed by atoms with E-state index >= 15 is 0 Å². The van der Waals surface area contributed by atoms with Crippen molar-refractivity contribution in [1.82, 2.24) is 15.1 Å². The molecule has 33 heavy (non-hydrogen) atoms. The van der Waals surface area contributed by atoms with E-state index in [-0.39, 0.29) is 42.1 Å². The zero-order chi connectivity index (χ0) is 23.2. The van der Waals surface area contributed by atoms with Gasteiger partial charge < -0.3 is 15.1 Å².